The predicted octanol–water partition coefficient (Wildman–Crippen LogP) is 1.29. The number of hydrogen-bond acceptors (Lipinski definition) is 5. The van der Waals surface area contributed by atoms with Gasteiger partial charge in [-0.2, -0.15) is 11.8 Å². The van der Waals surface area contributed by atoms with Crippen LogP contribution < -0.4 is 5.32 Å². The Balaban J connectivity index is 1.55. The second kappa shape index (κ2) is 5.93. The quantitative estimate of drug-likeness (QED) is 0.793. The molecule has 0 bridgehead atoms. The minimum atomic E-state index is -2.76. The molecule has 1 N–H and O–H groups in total. The molecule has 1 unspecified atom stereocenters. The summed E-state index contributed by atoms with van der Waals surface area (Å²) >= 11 is 1.79. The highest BCUT2D eigenvalue weighted by atomic mass is 32.2. The largest absolute Gasteiger partial charge is 0.468 e. The second-order valence-corrected chi connectivity index (χ2v) is 7.52. The summed E-state index contributed by atoms with van der Waals surface area (Å²) in [5.74, 6) is 3.47. The zero-order valence-electron chi connectivity index (χ0n) is 9.59. The molecule has 0 radical (unpaired) electrons. The van der Waals surface area contributed by atoms with Crippen molar-refractivity contribution in [3.8, 4) is 0 Å². The van der Waals surface area contributed by atoms with Crippen molar-refractivity contribution < 1.29 is 12.8 Å². The van der Waals surface area contributed by atoms with Gasteiger partial charge in [-0.25, -0.2) is 8.42 Å². The van der Waals surface area contributed by atoms with E-state index in [1.807, 2.05) is 12.1 Å². The van der Waals surface area contributed by atoms with Crippen molar-refractivity contribution in [2.24, 2.45) is 0 Å². The molecule has 1 aromatic rings. The smallest absolute Gasteiger partial charge is 0.151 e. The average molecular weight is 275 g/mol. The fraction of sp³-hybridized carbons (Fsp3) is 0.636. The number of nitrogens with one attached hydrogen (secondary N) is 1. The molecule has 0 aliphatic carbocycles. The van der Waals surface area contributed by atoms with Crippen LogP contribution >= 0.6 is 11.8 Å². The lowest BCUT2D eigenvalue weighted by atomic mass is 10.3. The van der Waals surface area contributed by atoms with Crippen molar-refractivity contribution in [3.63, 3.8) is 0 Å². The Hall–Kier alpha value is -0.460. The summed E-state index contributed by atoms with van der Waals surface area (Å²) in [6, 6.07) is 4.01. The number of hydrogen-bond donors (Lipinski definition) is 1. The Morgan fingerprint density at radius 3 is 3.06 bits per heavy atom. The van der Waals surface area contributed by atoms with Gasteiger partial charge >= 0.3 is 0 Å². The topological polar surface area (TPSA) is 59.3 Å². The van der Waals surface area contributed by atoms with Gasteiger partial charge in [-0.05, 0) is 18.6 Å². The fourth-order valence-corrected chi connectivity index (χ4v) is 4.34. The maximum Gasteiger partial charge on any atom is 0.151 e. The van der Waals surface area contributed by atoms with E-state index in [9.17, 15) is 8.42 Å². The Bertz CT molecular complexity index is 428. The van der Waals surface area contributed by atoms with E-state index in [0.29, 0.717) is 11.5 Å². The van der Waals surface area contributed by atoms with Gasteiger partial charge in [-0.3, -0.25) is 0 Å². The molecule has 0 saturated carbocycles. The molecule has 4 nitrogen and oxygen atoms in total. The zero-order chi connectivity index (χ0) is 12.1. The van der Waals surface area contributed by atoms with Gasteiger partial charge in [0.15, 0.2) is 9.84 Å². The number of sulfone groups is 1. The molecule has 1 aliphatic rings. The van der Waals surface area contributed by atoms with Gasteiger partial charge in [0.25, 0.3) is 0 Å². The summed E-state index contributed by atoms with van der Waals surface area (Å²) in [4.78, 5) is 0. The monoisotopic (exact) mass is 275 g/mol. The summed E-state index contributed by atoms with van der Waals surface area (Å²) in [5.41, 5.74) is 0. The van der Waals surface area contributed by atoms with Crippen LogP contribution in [0.4, 0.5) is 0 Å². The minimum Gasteiger partial charge on any atom is -0.468 e. The summed E-state index contributed by atoms with van der Waals surface area (Å²) < 4.78 is 27.7. The predicted molar refractivity (Wildman–Crippen MR) is 69.9 cm³/mol. The molecule has 1 fully saturated rings. The van der Waals surface area contributed by atoms with Crippen LogP contribution in [-0.4, -0.2) is 38.3 Å². The van der Waals surface area contributed by atoms with Crippen molar-refractivity contribution in [1.82, 2.24) is 5.32 Å². The molecule has 1 saturated heterocycles. The van der Waals surface area contributed by atoms with Crippen LogP contribution in [0.3, 0.4) is 0 Å². The first kappa shape index (κ1) is 13.0. The van der Waals surface area contributed by atoms with Crippen molar-refractivity contribution in [1.29, 1.82) is 0 Å². The average Bonchev–Trinajstić information content (AvgIpc) is 2.88. The first-order valence-electron chi connectivity index (χ1n) is 5.70. The minimum absolute atomic E-state index is 0.157. The van der Waals surface area contributed by atoms with Crippen LogP contribution in [-0.2, 0) is 15.6 Å². The van der Waals surface area contributed by atoms with Gasteiger partial charge in [0, 0.05) is 18.3 Å². The van der Waals surface area contributed by atoms with Gasteiger partial charge in [-0.1, -0.05) is 0 Å². The maximum atomic E-state index is 11.2. The van der Waals surface area contributed by atoms with E-state index >= 15 is 0 Å². The van der Waals surface area contributed by atoms with Gasteiger partial charge in [0.05, 0.1) is 23.5 Å². The summed E-state index contributed by atoms with van der Waals surface area (Å²) in [7, 11) is -2.76. The van der Waals surface area contributed by atoms with E-state index in [4.69, 9.17) is 4.42 Å². The third kappa shape index (κ3) is 4.37. The van der Waals surface area contributed by atoms with Crippen LogP contribution in [0.15, 0.2) is 22.8 Å². The van der Waals surface area contributed by atoms with Crippen LogP contribution in [0.1, 0.15) is 12.2 Å². The molecule has 0 aromatic carbocycles. The highest BCUT2D eigenvalue weighted by Gasteiger charge is 2.26. The first-order valence-corrected chi connectivity index (χ1v) is 8.67. The van der Waals surface area contributed by atoms with Crippen molar-refractivity contribution in [2.45, 2.75) is 18.2 Å². The normalized spacial score (nSPS) is 22.9. The van der Waals surface area contributed by atoms with E-state index in [1.54, 1.807) is 18.0 Å². The van der Waals surface area contributed by atoms with E-state index in [1.165, 1.54) is 0 Å². The Morgan fingerprint density at radius 1 is 1.53 bits per heavy atom. The molecular formula is C11H17NO3S2. The second-order valence-electron chi connectivity index (χ2n) is 4.19. The fourth-order valence-electron chi connectivity index (χ4n) is 1.86. The van der Waals surface area contributed by atoms with Crippen molar-refractivity contribution in [3.05, 3.63) is 24.2 Å². The molecule has 0 spiro atoms. The number of thioether (sulfide) groups is 1. The van der Waals surface area contributed by atoms with Gasteiger partial charge < -0.3 is 9.73 Å². The summed E-state index contributed by atoms with van der Waals surface area (Å²) in [5, 5.41) is 3.29. The zero-order valence-corrected chi connectivity index (χ0v) is 11.2. The standard InChI is InChI=1S/C11H17NO3S2/c13-17(14)7-3-10(9-17)12-4-6-16-8-11-2-1-5-15-11/h1-2,5,10,12H,3-4,6-9H2. The third-order valence-electron chi connectivity index (χ3n) is 2.74. The van der Waals surface area contributed by atoms with Crippen molar-refractivity contribution >= 4 is 21.6 Å². The van der Waals surface area contributed by atoms with Gasteiger partial charge in [0.2, 0.25) is 0 Å². The van der Waals surface area contributed by atoms with Gasteiger partial charge in [0.1, 0.15) is 5.76 Å². The van der Waals surface area contributed by atoms with E-state index in [2.05, 4.69) is 5.32 Å². The molecular weight excluding hydrogens is 258 g/mol. The molecule has 6 heteroatoms. The van der Waals surface area contributed by atoms with E-state index < -0.39 is 9.84 Å². The van der Waals surface area contributed by atoms with Crippen LogP contribution in [0.25, 0.3) is 0 Å². The molecule has 0 amide bonds. The third-order valence-corrected chi connectivity index (χ3v) is 5.49. The molecule has 1 aromatic heterocycles. The lowest BCUT2D eigenvalue weighted by Gasteiger charge is -2.09. The highest BCUT2D eigenvalue weighted by Crippen LogP contribution is 2.13. The Morgan fingerprint density at radius 2 is 2.41 bits per heavy atom. The first-order chi connectivity index (χ1) is 8.16. The Labute approximate surface area is 106 Å². The lowest BCUT2D eigenvalue weighted by molar-refractivity contribution is 0.530. The molecule has 2 heterocycles. The molecule has 1 aliphatic heterocycles. The molecule has 2 rings (SSSR count). The maximum absolute atomic E-state index is 11.2. The van der Waals surface area contributed by atoms with Crippen LogP contribution in [0, 0.1) is 0 Å². The summed E-state index contributed by atoms with van der Waals surface area (Å²) in [6.45, 7) is 0.853. The molecule has 96 valence electrons. The number of furan rings is 1. The van der Waals surface area contributed by atoms with E-state index in [-0.39, 0.29) is 6.04 Å². The van der Waals surface area contributed by atoms with Crippen molar-refractivity contribution in [2.75, 3.05) is 23.8 Å². The lowest BCUT2D eigenvalue weighted by Crippen LogP contribution is -2.31. The highest BCUT2D eigenvalue weighted by molar-refractivity contribution is 7.98. The number of rotatable bonds is 6. The molecule has 1 atom stereocenters. The molecule has 17 heavy (non-hydrogen) atoms. The SMILES string of the molecule is O=S1(=O)CCC(NCCSCc2ccco2)C1. The van der Waals surface area contributed by atoms with Crippen LogP contribution in [0.5, 0.6) is 0 Å². The van der Waals surface area contributed by atoms with Crippen LogP contribution in [0.2, 0.25) is 0 Å². The van der Waals surface area contributed by atoms with E-state index in [0.717, 1.165) is 30.2 Å². The Kier molecular flexibility index (Phi) is 4.53. The van der Waals surface area contributed by atoms with Gasteiger partial charge in [-0.15, -0.1) is 0 Å². The summed E-state index contributed by atoms with van der Waals surface area (Å²) in [6.07, 6.45) is 2.43.